The topological polar surface area (TPSA) is 99.3 Å². The zero-order chi connectivity index (χ0) is 15.6. The van der Waals surface area contributed by atoms with E-state index in [9.17, 15) is 14.9 Å². The summed E-state index contributed by atoms with van der Waals surface area (Å²) in [6.07, 6.45) is 0. The monoisotopic (exact) mass is 310 g/mol. The van der Waals surface area contributed by atoms with Crippen LogP contribution in [0.15, 0.2) is 24.3 Å². The lowest BCUT2D eigenvalue weighted by atomic mass is 10.2. The van der Waals surface area contributed by atoms with Crippen LogP contribution in [0.4, 0.5) is 21.9 Å². The predicted molar refractivity (Wildman–Crippen MR) is 76.2 cm³/mol. The Morgan fingerprint density at radius 2 is 2.14 bits per heavy atom. The summed E-state index contributed by atoms with van der Waals surface area (Å²) in [6, 6.07) is 6.10. The molecule has 110 valence electrons. The highest BCUT2D eigenvalue weighted by atomic mass is 35.5. The van der Waals surface area contributed by atoms with Crippen LogP contribution in [0.1, 0.15) is 5.69 Å². The summed E-state index contributed by atoms with van der Waals surface area (Å²) >= 11 is 5.21. The lowest BCUT2D eigenvalue weighted by molar-refractivity contribution is -0.383. The number of nitrogens with zero attached hydrogens (tertiary/aromatic N) is 3. The highest BCUT2D eigenvalue weighted by Crippen LogP contribution is 2.34. The summed E-state index contributed by atoms with van der Waals surface area (Å²) in [7, 11) is 1.56. The van der Waals surface area contributed by atoms with Crippen LogP contribution in [0, 0.1) is 17.0 Å². The molecular weight excluding hydrogens is 300 g/mol. The molecule has 9 heteroatoms. The Hall–Kier alpha value is -2.61. The van der Waals surface area contributed by atoms with Crippen LogP contribution >= 0.6 is 11.6 Å². The summed E-state index contributed by atoms with van der Waals surface area (Å²) in [5, 5.41) is 17.9. The number of nitro groups is 1. The molecule has 0 amide bonds. The maximum absolute atomic E-state index is 11.0. The largest absolute Gasteiger partial charge is 0.410 e. The molecule has 1 aromatic carbocycles. The molecule has 0 saturated heterocycles. The number of hydrogen-bond donors (Lipinski definition) is 1. The molecule has 0 spiro atoms. The SMILES string of the molecule is Cc1nn(C)c(OC(=O)Cl)c1Nc1ccccc1[N+](=O)[O-]. The summed E-state index contributed by atoms with van der Waals surface area (Å²) in [4.78, 5) is 21.4. The van der Waals surface area contributed by atoms with E-state index in [2.05, 4.69) is 10.4 Å². The van der Waals surface area contributed by atoms with Gasteiger partial charge in [-0.1, -0.05) is 12.1 Å². The summed E-state index contributed by atoms with van der Waals surface area (Å²) in [6.45, 7) is 1.67. The summed E-state index contributed by atoms with van der Waals surface area (Å²) in [5.74, 6) is 0.0747. The number of aromatic nitrogens is 2. The minimum atomic E-state index is -1.02. The number of nitro benzene ring substituents is 1. The fourth-order valence-corrected chi connectivity index (χ4v) is 1.92. The Morgan fingerprint density at radius 1 is 1.48 bits per heavy atom. The number of para-hydroxylation sites is 2. The molecule has 0 aliphatic carbocycles. The van der Waals surface area contributed by atoms with Gasteiger partial charge >= 0.3 is 5.43 Å². The second-order valence-corrected chi connectivity index (χ2v) is 4.44. The first-order chi connectivity index (χ1) is 9.90. The van der Waals surface area contributed by atoms with Crippen molar-refractivity contribution in [2.45, 2.75) is 6.92 Å². The second kappa shape index (κ2) is 5.80. The average Bonchev–Trinajstić information content (AvgIpc) is 2.65. The van der Waals surface area contributed by atoms with Crippen molar-refractivity contribution in [3.63, 3.8) is 0 Å². The number of halogens is 1. The highest BCUT2D eigenvalue weighted by molar-refractivity contribution is 6.61. The Morgan fingerprint density at radius 3 is 2.76 bits per heavy atom. The van der Waals surface area contributed by atoms with E-state index in [-0.39, 0.29) is 17.3 Å². The first kappa shape index (κ1) is 14.8. The zero-order valence-electron chi connectivity index (χ0n) is 11.2. The van der Waals surface area contributed by atoms with Crippen molar-refractivity contribution in [2.75, 3.05) is 5.32 Å². The van der Waals surface area contributed by atoms with E-state index in [1.54, 1.807) is 26.1 Å². The molecule has 0 aliphatic heterocycles. The maximum atomic E-state index is 11.0. The molecule has 0 fully saturated rings. The van der Waals surface area contributed by atoms with Crippen molar-refractivity contribution in [1.82, 2.24) is 9.78 Å². The van der Waals surface area contributed by atoms with Crippen molar-refractivity contribution < 1.29 is 14.5 Å². The zero-order valence-corrected chi connectivity index (χ0v) is 11.9. The van der Waals surface area contributed by atoms with Gasteiger partial charge in [0.05, 0.1) is 10.6 Å². The third-order valence-corrected chi connectivity index (χ3v) is 2.78. The number of nitrogens with one attached hydrogen (secondary N) is 1. The van der Waals surface area contributed by atoms with Gasteiger partial charge in [0, 0.05) is 24.7 Å². The van der Waals surface area contributed by atoms with Crippen LogP contribution in [-0.2, 0) is 7.05 Å². The Bertz CT molecular complexity index is 713. The molecule has 2 aromatic rings. The van der Waals surface area contributed by atoms with Gasteiger partial charge in [0.25, 0.3) is 5.69 Å². The van der Waals surface area contributed by atoms with E-state index >= 15 is 0 Å². The van der Waals surface area contributed by atoms with Crippen LogP contribution in [0.25, 0.3) is 0 Å². The van der Waals surface area contributed by atoms with Crippen LogP contribution in [0.5, 0.6) is 5.88 Å². The molecule has 1 heterocycles. The fraction of sp³-hybridized carbons (Fsp3) is 0.167. The van der Waals surface area contributed by atoms with Crippen LogP contribution in [0.2, 0.25) is 0 Å². The molecule has 0 aliphatic rings. The van der Waals surface area contributed by atoms with Gasteiger partial charge in [0.15, 0.2) is 0 Å². The number of ether oxygens (including phenoxy) is 1. The van der Waals surface area contributed by atoms with Gasteiger partial charge in [-0.3, -0.25) is 10.1 Å². The third-order valence-electron chi connectivity index (χ3n) is 2.71. The minimum absolute atomic E-state index is 0.0747. The van der Waals surface area contributed by atoms with E-state index in [4.69, 9.17) is 16.3 Å². The first-order valence-corrected chi connectivity index (χ1v) is 6.19. The Balaban J connectivity index is 2.45. The van der Waals surface area contributed by atoms with Crippen molar-refractivity contribution in [3.8, 4) is 5.88 Å². The van der Waals surface area contributed by atoms with E-state index in [1.165, 1.54) is 16.8 Å². The van der Waals surface area contributed by atoms with Crippen LogP contribution < -0.4 is 10.1 Å². The third kappa shape index (κ3) is 3.11. The summed E-state index contributed by atoms with van der Waals surface area (Å²) < 4.78 is 6.18. The Kier molecular flexibility index (Phi) is 4.08. The molecule has 0 atom stereocenters. The van der Waals surface area contributed by atoms with Gasteiger partial charge < -0.3 is 10.1 Å². The molecule has 0 bridgehead atoms. The first-order valence-electron chi connectivity index (χ1n) is 5.81. The number of rotatable bonds is 4. The van der Waals surface area contributed by atoms with E-state index < -0.39 is 10.4 Å². The second-order valence-electron chi connectivity index (χ2n) is 4.13. The summed E-state index contributed by atoms with van der Waals surface area (Å²) in [5.41, 5.74) is -0.0395. The number of carbonyl (C=O) groups excluding carboxylic acids is 1. The van der Waals surface area contributed by atoms with Crippen LogP contribution in [0.3, 0.4) is 0 Å². The van der Waals surface area contributed by atoms with Gasteiger partial charge in [0.1, 0.15) is 11.4 Å². The molecular formula is C12H11ClN4O4. The van der Waals surface area contributed by atoms with Gasteiger partial charge in [-0.25, -0.2) is 9.48 Å². The minimum Gasteiger partial charge on any atom is -0.393 e. The van der Waals surface area contributed by atoms with Crippen molar-refractivity contribution in [2.24, 2.45) is 7.05 Å². The molecule has 0 unspecified atom stereocenters. The van der Waals surface area contributed by atoms with Crippen molar-refractivity contribution >= 4 is 34.1 Å². The van der Waals surface area contributed by atoms with E-state index in [0.717, 1.165) is 0 Å². The van der Waals surface area contributed by atoms with Crippen molar-refractivity contribution in [3.05, 3.63) is 40.1 Å². The van der Waals surface area contributed by atoms with Gasteiger partial charge in [-0.15, -0.1) is 0 Å². The van der Waals surface area contributed by atoms with Crippen LogP contribution in [-0.4, -0.2) is 20.1 Å². The number of carbonyl (C=O) groups is 1. The molecule has 0 saturated carbocycles. The lowest BCUT2D eigenvalue weighted by Crippen LogP contribution is -2.04. The number of anilines is 2. The fourth-order valence-electron chi connectivity index (χ4n) is 1.85. The Labute approximate surface area is 124 Å². The van der Waals surface area contributed by atoms with Gasteiger partial charge in [0.2, 0.25) is 5.88 Å². The molecule has 21 heavy (non-hydrogen) atoms. The van der Waals surface area contributed by atoms with Gasteiger partial charge in [-0.2, -0.15) is 5.10 Å². The van der Waals surface area contributed by atoms with Gasteiger partial charge in [-0.05, 0) is 13.0 Å². The molecule has 1 aromatic heterocycles. The molecule has 0 radical (unpaired) electrons. The van der Waals surface area contributed by atoms with Crippen molar-refractivity contribution in [1.29, 1.82) is 0 Å². The number of benzene rings is 1. The lowest BCUT2D eigenvalue weighted by Gasteiger charge is -2.08. The molecule has 1 N–H and O–H groups in total. The molecule has 8 nitrogen and oxygen atoms in total. The standard InChI is InChI=1S/C12H11ClN4O4/c1-7-10(11(16(2)15-7)21-12(13)18)14-8-5-3-4-6-9(8)17(19)20/h3-6,14H,1-2H3. The molecule has 2 rings (SSSR count). The predicted octanol–water partition coefficient (Wildman–Crippen LogP) is 3.12. The highest BCUT2D eigenvalue weighted by Gasteiger charge is 2.20. The number of aryl methyl sites for hydroxylation is 2. The van der Waals surface area contributed by atoms with E-state index in [1.807, 2.05) is 0 Å². The average molecular weight is 311 g/mol. The maximum Gasteiger partial charge on any atom is 0.410 e. The number of hydrogen-bond acceptors (Lipinski definition) is 6. The quantitative estimate of drug-likeness (QED) is 0.529. The van der Waals surface area contributed by atoms with E-state index in [0.29, 0.717) is 11.4 Å². The smallest absolute Gasteiger partial charge is 0.393 e. The normalized spacial score (nSPS) is 10.2.